The quantitative estimate of drug-likeness (QED) is 0.258. The molecule has 4 rings (SSSR count). The van der Waals surface area contributed by atoms with E-state index in [1.54, 1.807) is 42.3 Å². The molecule has 1 aliphatic rings. The Hall–Kier alpha value is -2.96. The van der Waals surface area contributed by atoms with Gasteiger partial charge in [-0.3, -0.25) is 4.99 Å². The molecule has 1 atom stereocenters. The van der Waals surface area contributed by atoms with Crippen LogP contribution in [0.2, 0.25) is 0 Å². The standard InChI is InChI=1S/C22H25F2N7O.HI/c1-25-22(27-14-16-7-10-26-20(13-16)31-11-4-9-28-31)29-17-8-12-30(15-17)18-5-2-3-6-19(18)32-21(23)24;/h2-7,9-11,13,17,21H,8,12,14-15H2,1H3,(H2,25,27,29);1H. The average molecular weight is 569 g/mol. The smallest absolute Gasteiger partial charge is 0.387 e. The Morgan fingerprint density at radius 3 is 2.85 bits per heavy atom. The maximum Gasteiger partial charge on any atom is 0.387 e. The number of hydrogen-bond acceptors (Lipinski definition) is 5. The van der Waals surface area contributed by atoms with Gasteiger partial charge in [0.1, 0.15) is 5.75 Å². The van der Waals surface area contributed by atoms with Crippen molar-refractivity contribution in [1.82, 2.24) is 25.4 Å². The number of anilines is 1. The van der Waals surface area contributed by atoms with Crippen LogP contribution in [-0.2, 0) is 6.54 Å². The first-order valence-corrected chi connectivity index (χ1v) is 10.3. The average Bonchev–Trinajstić information content (AvgIpc) is 3.49. The summed E-state index contributed by atoms with van der Waals surface area (Å²) in [6, 6.07) is 12.7. The van der Waals surface area contributed by atoms with Gasteiger partial charge in [0.15, 0.2) is 11.8 Å². The Bertz CT molecular complexity index is 1050. The van der Waals surface area contributed by atoms with E-state index in [1.807, 2.05) is 35.4 Å². The van der Waals surface area contributed by atoms with Crippen LogP contribution in [-0.4, -0.2) is 53.5 Å². The molecule has 1 unspecified atom stereocenters. The minimum absolute atomic E-state index is 0. The van der Waals surface area contributed by atoms with Gasteiger partial charge in [0.05, 0.1) is 5.69 Å². The van der Waals surface area contributed by atoms with E-state index in [2.05, 4.69) is 30.4 Å². The second kappa shape index (κ2) is 11.8. The second-order valence-corrected chi connectivity index (χ2v) is 7.32. The van der Waals surface area contributed by atoms with Gasteiger partial charge in [-0.15, -0.1) is 24.0 Å². The van der Waals surface area contributed by atoms with E-state index in [9.17, 15) is 8.78 Å². The van der Waals surface area contributed by atoms with Crippen molar-refractivity contribution in [3.63, 3.8) is 0 Å². The summed E-state index contributed by atoms with van der Waals surface area (Å²) < 4.78 is 31.8. The zero-order valence-electron chi connectivity index (χ0n) is 18.1. The van der Waals surface area contributed by atoms with Gasteiger partial charge in [-0.1, -0.05) is 12.1 Å². The van der Waals surface area contributed by atoms with Crippen LogP contribution in [0.15, 0.2) is 66.0 Å². The molecule has 1 fully saturated rings. The Kier molecular flexibility index (Phi) is 8.80. The van der Waals surface area contributed by atoms with Crippen LogP contribution in [0.5, 0.6) is 5.75 Å². The maximum absolute atomic E-state index is 12.7. The van der Waals surface area contributed by atoms with Crippen LogP contribution in [0.25, 0.3) is 5.82 Å². The minimum Gasteiger partial charge on any atom is -0.433 e. The van der Waals surface area contributed by atoms with E-state index in [4.69, 9.17) is 0 Å². The number of aliphatic imine (C=N–C) groups is 1. The fraction of sp³-hybridized carbons (Fsp3) is 0.318. The molecular formula is C22H26F2IN7O. The van der Waals surface area contributed by atoms with Gasteiger partial charge in [0, 0.05) is 51.3 Å². The van der Waals surface area contributed by atoms with E-state index >= 15 is 0 Å². The number of rotatable bonds is 7. The fourth-order valence-corrected chi connectivity index (χ4v) is 3.68. The molecule has 0 aliphatic carbocycles. The van der Waals surface area contributed by atoms with Crippen LogP contribution in [0.3, 0.4) is 0 Å². The van der Waals surface area contributed by atoms with E-state index in [0.29, 0.717) is 24.7 Å². The first kappa shape index (κ1) is 24.7. The van der Waals surface area contributed by atoms with Crippen LogP contribution in [0.1, 0.15) is 12.0 Å². The molecule has 0 spiro atoms. The van der Waals surface area contributed by atoms with Crippen molar-refractivity contribution in [3.05, 3.63) is 66.6 Å². The summed E-state index contributed by atoms with van der Waals surface area (Å²) in [5.74, 6) is 1.61. The van der Waals surface area contributed by atoms with Crippen LogP contribution in [0.4, 0.5) is 14.5 Å². The first-order chi connectivity index (χ1) is 15.6. The molecule has 176 valence electrons. The zero-order chi connectivity index (χ0) is 22.3. The Labute approximate surface area is 208 Å². The second-order valence-electron chi connectivity index (χ2n) is 7.32. The molecule has 8 nitrogen and oxygen atoms in total. The molecule has 1 aliphatic heterocycles. The molecule has 33 heavy (non-hydrogen) atoms. The highest BCUT2D eigenvalue weighted by Crippen LogP contribution is 2.31. The molecule has 0 amide bonds. The zero-order valence-corrected chi connectivity index (χ0v) is 20.4. The predicted molar refractivity (Wildman–Crippen MR) is 134 cm³/mol. The first-order valence-electron chi connectivity index (χ1n) is 10.3. The highest BCUT2D eigenvalue weighted by Gasteiger charge is 2.26. The number of hydrogen-bond donors (Lipinski definition) is 2. The fourth-order valence-electron chi connectivity index (χ4n) is 3.68. The van der Waals surface area contributed by atoms with Gasteiger partial charge in [-0.05, 0) is 42.3 Å². The number of para-hydroxylation sites is 2. The summed E-state index contributed by atoms with van der Waals surface area (Å²) in [6.07, 6.45) is 6.15. The highest BCUT2D eigenvalue weighted by molar-refractivity contribution is 14.0. The molecule has 3 aromatic rings. The van der Waals surface area contributed by atoms with Gasteiger partial charge in [-0.25, -0.2) is 9.67 Å². The van der Waals surface area contributed by atoms with E-state index in [0.717, 1.165) is 24.3 Å². The lowest BCUT2D eigenvalue weighted by molar-refractivity contribution is -0.0495. The maximum atomic E-state index is 12.7. The SMILES string of the molecule is CN=C(NCc1ccnc(-n2cccn2)c1)NC1CCN(c2ccccc2OC(F)F)C1.I. The number of pyridine rings is 1. The number of benzene rings is 1. The van der Waals surface area contributed by atoms with Crippen LogP contribution in [0, 0.1) is 0 Å². The number of nitrogens with one attached hydrogen (secondary N) is 2. The molecule has 0 bridgehead atoms. The summed E-state index contributed by atoms with van der Waals surface area (Å²) in [4.78, 5) is 10.7. The molecule has 1 saturated heterocycles. The van der Waals surface area contributed by atoms with Gasteiger partial charge in [0.2, 0.25) is 0 Å². The third-order valence-corrected chi connectivity index (χ3v) is 5.18. The largest absolute Gasteiger partial charge is 0.433 e. The monoisotopic (exact) mass is 569 g/mol. The minimum atomic E-state index is -2.85. The summed E-state index contributed by atoms with van der Waals surface area (Å²) >= 11 is 0. The summed E-state index contributed by atoms with van der Waals surface area (Å²) in [7, 11) is 1.72. The molecule has 2 N–H and O–H groups in total. The number of nitrogens with zero attached hydrogens (tertiary/aromatic N) is 5. The van der Waals surface area contributed by atoms with Gasteiger partial charge < -0.3 is 20.3 Å². The van der Waals surface area contributed by atoms with Crippen molar-refractivity contribution in [3.8, 4) is 11.6 Å². The lowest BCUT2D eigenvalue weighted by Crippen LogP contribution is -2.44. The van der Waals surface area contributed by atoms with Crippen LogP contribution >= 0.6 is 24.0 Å². The Balaban J connectivity index is 0.00000306. The number of aromatic nitrogens is 3. The summed E-state index contributed by atoms with van der Waals surface area (Å²) in [5, 5.41) is 10.9. The lowest BCUT2D eigenvalue weighted by atomic mass is 10.2. The predicted octanol–water partition coefficient (Wildman–Crippen LogP) is 3.43. The van der Waals surface area contributed by atoms with E-state index < -0.39 is 6.61 Å². The normalized spacial score (nSPS) is 15.9. The van der Waals surface area contributed by atoms with Crippen LogP contribution < -0.4 is 20.3 Å². The molecule has 0 saturated carbocycles. The molecule has 3 heterocycles. The molecule has 2 aromatic heterocycles. The van der Waals surface area contributed by atoms with E-state index in [-0.39, 0.29) is 35.8 Å². The third kappa shape index (κ3) is 6.53. The van der Waals surface area contributed by atoms with E-state index in [1.165, 1.54) is 0 Å². The number of ether oxygens (including phenoxy) is 1. The molecule has 11 heteroatoms. The molecular weight excluding hydrogens is 543 g/mol. The highest BCUT2D eigenvalue weighted by atomic mass is 127. The van der Waals surface area contributed by atoms with Gasteiger partial charge >= 0.3 is 6.61 Å². The molecule has 1 aromatic carbocycles. The summed E-state index contributed by atoms with van der Waals surface area (Å²) in [6.45, 7) is -0.894. The topological polar surface area (TPSA) is 79.6 Å². The number of alkyl halides is 2. The van der Waals surface area contributed by atoms with Crippen molar-refractivity contribution in [2.75, 3.05) is 25.0 Å². The van der Waals surface area contributed by atoms with Gasteiger partial charge in [-0.2, -0.15) is 13.9 Å². The Morgan fingerprint density at radius 2 is 2.09 bits per heavy atom. The van der Waals surface area contributed by atoms with Crippen molar-refractivity contribution in [2.24, 2.45) is 4.99 Å². The van der Waals surface area contributed by atoms with Crippen molar-refractivity contribution in [2.45, 2.75) is 25.6 Å². The Morgan fingerprint density at radius 1 is 1.24 bits per heavy atom. The van der Waals surface area contributed by atoms with Crippen molar-refractivity contribution in [1.29, 1.82) is 0 Å². The lowest BCUT2D eigenvalue weighted by Gasteiger charge is -2.22. The van der Waals surface area contributed by atoms with Gasteiger partial charge in [0.25, 0.3) is 0 Å². The van der Waals surface area contributed by atoms with Crippen molar-refractivity contribution < 1.29 is 13.5 Å². The van der Waals surface area contributed by atoms with Crippen molar-refractivity contribution >= 4 is 35.6 Å². The third-order valence-electron chi connectivity index (χ3n) is 5.18. The summed E-state index contributed by atoms with van der Waals surface area (Å²) in [5.41, 5.74) is 1.71. The molecule has 0 radical (unpaired) electrons. The number of halogens is 3. The number of guanidine groups is 1.